The number of alkyl halides is 1. The van der Waals surface area contributed by atoms with Crippen LogP contribution in [0, 0.1) is 0 Å². The molecule has 0 aliphatic rings. The Labute approximate surface area is 106 Å². The number of halogens is 1. The Kier molecular flexibility index (Phi) is 9.65. The van der Waals surface area contributed by atoms with Crippen LogP contribution in [0.4, 0.5) is 0 Å². The zero-order chi connectivity index (χ0) is 12.4. The molecule has 0 aromatic carbocycles. The van der Waals surface area contributed by atoms with E-state index in [1.165, 1.54) is 12.8 Å². The van der Waals surface area contributed by atoms with Crippen molar-refractivity contribution in [2.45, 2.75) is 58.6 Å². The normalized spacial score (nSPS) is 14.1. The van der Waals surface area contributed by atoms with Crippen molar-refractivity contribution < 1.29 is 13.3 Å². The third kappa shape index (κ3) is 6.86. The molecule has 0 amide bonds. The van der Waals surface area contributed by atoms with Crippen molar-refractivity contribution in [3.05, 3.63) is 0 Å². The Morgan fingerprint density at radius 2 is 1.62 bits per heavy atom. The van der Waals surface area contributed by atoms with Crippen LogP contribution in [-0.2, 0) is 13.3 Å². The molecule has 98 valence electrons. The summed E-state index contributed by atoms with van der Waals surface area (Å²) in [4.78, 5) is 0. The Morgan fingerprint density at radius 1 is 1.06 bits per heavy atom. The predicted octanol–water partition coefficient (Wildman–Crippen LogP) is 3.79. The van der Waals surface area contributed by atoms with E-state index < -0.39 is 8.80 Å². The van der Waals surface area contributed by atoms with Gasteiger partial charge in [0.25, 0.3) is 0 Å². The third-order valence-corrected chi connectivity index (χ3v) is 5.53. The van der Waals surface area contributed by atoms with E-state index in [9.17, 15) is 0 Å². The van der Waals surface area contributed by atoms with Gasteiger partial charge in [0, 0.05) is 19.3 Å². The maximum absolute atomic E-state index is 5.90. The average Bonchev–Trinajstić information content (AvgIpc) is 2.17. The highest BCUT2D eigenvalue weighted by Crippen LogP contribution is 2.22. The Morgan fingerprint density at radius 3 is 2.00 bits per heavy atom. The molecule has 0 N–H and O–H groups in total. The molecule has 0 aromatic heterocycles. The van der Waals surface area contributed by atoms with Crippen LogP contribution in [0.5, 0.6) is 0 Å². The summed E-state index contributed by atoms with van der Waals surface area (Å²) in [6.45, 7) is 9.13. The molecule has 0 heterocycles. The van der Waals surface area contributed by atoms with Crippen molar-refractivity contribution in [2.24, 2.45) is 0 Å². The molecule has 16 heavy (non-hydrogen) atoms. The van der Waals surface area contributed by atoms with E-state index in [0.717, 1.165) is 12.5 Å². The van der Waals surface area contributed by atoms with Gasteiger partial charge in [-0.3, -0.25) is 0 Å². The Balaban J connectivity index is 4.37. The quantitative estimate of drug-likeness (QED) is 0.343. The fourth-order valence-electron chi connectivity index (χ4n) is 1.59. The van der Waals surface area contributed by atoms with Crippen molar-refractivity contribution in [3.63, 3.8) is 0 Å². The van der Waals surface area contributed by atoms with Gasteiger partial charge < -0.3 is 13.3 Å². The fraction of sp³-hybridized carbons (Fsp3) is 1.00. The summed E-state index contributed by atoms with van der Waals surface area (Å²) in [5, 5.41) is 0. The maximum Gasteiger partial charge on any atom is 0.502 e. The maximum atomic E-state index is 5.90. The first-order valence-electron chi connectivity index (χ1n) is 6.20. The van der Waals surface area contributed by atoms with Crippen LogP contribution in [0.1, 0.15) is 47.0 Å². The molecule has 0 aliphatic carbocycles. The zero-order valence-corrected chi connectivity index (χ0v) is 12.7. The van der Waals surface area contributed by atoms with E-state index in [-0.39, 0.29) is 5.56 Å². The van der Waals surface area contributed by atoms with Gasteiger partial charge >= 0.3 is 8.80 Å². The standard InChI is InChI=1S/C11H25ClO3Si/c1-5-8-9-10-16(13-6-2,14-7-3)15-11(4)12/h11H,5-10H2,1-4H3. The minimum Gasteiger partial charge on any atom is -0.374 e. The second kappa shape index (κ2) is 9.42. The molecule has 0 saturated heterocycles. The lowest BCUT2D eigenvalue weighted by molar-refractivity contribution is 0.0603. The van der Waals surface area contributed by atoms with Crippen molar-refractivity contribution in [1.29, 1.82) is 0 Å². The molecule has 1 unspecified atom stereocenters. The number of rotatable bonds is 10. The molecule has 0 saturated carbocycles. The number of hydrogen-bond donors (Lipinski definition) is 0. The summed E-state index contributed by atoms with van der Waals surface area (Å²) in [5.74, 6) is 0. The van der Waals surface area contributed by atoms with Gasteiger partial charge in [0.05, 0.1) is 0 Å². The summed E-state index contributed by atoms with van der Waals surface area (Å²) in [6.07, 6.45) is 3.43. The van der Waals surface area contributed by atoms with E-state index in [0.29, 0.717) is 13.2 Å². The first-order valence-corrected chi connectivity index (χ1v) is 8.56. The van der Waals surface area contributed by atoms with Crippen molar-refractivity contribution in [2.75, 3.05) is 13.2 Å². The molecule has 0 radical (unpaired) electrons. The minimum absolute atomic E-state index is 0.355. The monoisotopic (exact) mass is 268 g/mol. The van der Waals surface area contributed by atoms with Gasteiger partial charge in [-0.05, 0) is 27.2 Å². The Hall–Kier alpha value is 0.387. The number of unbranched alkanes of at least 4 members (excludes halogenated alkanes) is 2. The van der Waals surface area contributed by atoms with E-state index in [2.05, 4.69) is 6.92 Å². The van der Waals surface area contributed by atoms with Crippen LogP contribution in [0.2, 0.25) is 6.04 Å². The third-order valence-electron chi connectivity index (χ3n) is 2.16. The predicted molar refractivity (Wildman–Crippen MR) is 69.7 cm³/mol. The average molecular weight is 269 g/mol. The molecule has 0 spiro atoms. The van der Waals surface area contributed by atoms with E-state index >= 15 is 0 Å². The first-order chi connectivity index (χ1) is 7.60. The molecule has 3 nitrogen and oxygen atoms in total. The SMILES string of the molecule is CCCCC[Si](OCC)(OCC)OC(C)Cl. The summed E-state index contributed by atoms with van der Waals surface area (Å²) in [7, 11) is -2.53. The van der Waals surface area contributed by atoms with Crippen molar-refractivity contribution in [3.8, 4) is 0 Å². The highest BCUT2D eigenvalue weighted by Gasteiger charge is 2.41. The van der Waals surface area contributed by atoms with Crippen LogP contribution >= 0.6 is 11.6 Å². The van der Waals surface area contributed by atoms with Gasteiger partial charge in [-0.1, -0.05) is 31.4 Å². The molecular weight excluding hydrogens is 244 g/mol. The van der Waals surface area contributed by atoms with Gasteiger partial charge in [0.15, 0.2) is 0 Å². The van der Waals surface area contributed by atoms with Crippen LogP contribution in [0.3, 0.4) is 0 Å². The second-order valence-electron chi connectivity index (χ2n) is 3.67. The Bertz CT molecular complexity index is 161. The van der Waals surface area contributed by atoms with Gasteiger partial charge in [-0.15, -0.1) is 0 Å². The summed E-state index contributed by atoms with van der Waals surface area (Å²) in [6, 6.07) is 0.861. The van der Waals surface area contributed by atoms with Crippen LogP contribution in [-0.4, -0.2) is 27.6 Å². The van der Waals surface area contributed by atoms with Crippen LogP contribution < -0.4 is 0 Å². The molecule has 0 rings (SSSR count). The van der Waals surface area contributed by atoms with Gasteiger partial charge in [-0.2, -0.15) is 0 Å². The highest BCUT2D eigenvalue weighted by molar-refractivity contribution is 6.61. The second-order valence-corrected chi connectivity index (χ2v) is 6.96. The van der Waals surface area contributed by atoms with Gasteiger partial charge in [0.2, 0.25) is 0 Å². The zero-order valence-electron chi connectivity index (χ0n) is 10.9. The molecule has 0 bridgehead atoms. The smallest absolute Gasteiger partial charge is 0.374 e. The number of hydrogen-bond acceptors (Lipinski definition) is 3. The lowest BCUT2D eigenvalue weighted by Crippen LogP contribution is -2.47. The molecule has 1 atom stereocenters. The fourth-order valence-corrected chi connectivity index (χ4v) is 4.68. The van der Waals surface area contributed by atoms with Gasteiger partial charge in [0.1, 0.15) is 5.56 Å². The van der Waals surface area contributed by atoms with E-state index in [1.807, 2.05) is 13.8 Å². The van der Waals surface area contributed by atoms with Crippen molar-refractivity contribution in [1.82, 2.24) is 0 Å². The van der Waals surface area contributed by atoms with Crippen molar-refractivity contribution >= 4 is 20.4 Å². The first kappa shape index (κ1) is 16.4. The summed E-state index contributed by atoms with van der Waals surface area (Å²) in [5.41, 5.74) is -0.355. The minimum atomic E-state index is -2.53. The lowest BCUT2D eigenvalue weighted by atomic mass is 10.3. The van der Waals surface area contributed by atoms with E-state index in [1.54, 1.807) is 6.92 Å². The molecule has 0 aromatic rings. The summed E-state index contributed by atoms with van der Waals surface area (Å²) >= 11 is 5.90. The highest BCUT2D eigenvalue weighted by atomic mass is 35.5. The van der Waals surface area contributed by atoms with Crippen LogP contribution in [0.25, 0.3) is 0 Å². The van der Waals surface area contributed by atoms with E-state index in [4.69, 9.17) is 24.9 Å². The van der Waals surface area contributed by atoms with Crippen LogP contribution in [0.15, 0.2) is 0 Å². The molecule has 0 fully saturated rings. The molecular formula is C11H25ClO3Si. The topological polar surface area (TPSA) is 27.7 Å². The largest absolute Gasteiger partial charge is 0.502 e. The van der Waals surface area contributed by atoms with Gasteiger partial charge in [-0.25, -0.2) is 0 Å². The molecule has 0 aliphatic heterocycles. The summed E-state index contributed by atoms with van der Waals surface area (Å²) < 4.78 is 17.2. The molecule has 5 heteroatoms. The lowest BCUT2D eigenvalue weighted by Gasteiger charge is -2.30.